The van der Waals surface area contributed by atoms with Gasteiger partial charge >= 0.3 is 0 Å². The van der Waals surface area contributed by atoms with Gasteiger partial charge in [0, 0.05) is 40.6 Å². The maximum atomic E-state index is 7.24. The highest BCUT2D eigenvalue weighted by Crippen LogP contribution is 2.70. The highest BCUT2D eigenvalue weighted by Gasteiger charge is 2.65. The van der Waals surface area contributed by atoms with Gasteiger partial charge < -0.3 is 10.5 Å². The van der Waals surface area contributed by atoms with Crippen LogP contribution >= 0.6 is 0 Å². The van der Waals surface area contributed by atoms with Crippen LogP contribution in [0.1, 0.15) is 93.4 Å². The van der Waals surface area contributed by atoms with Crippen molar-refractivity contribution in [3.05, 3.63) is 148 Å². The third kappa shape index (κ3) is 5.11. The largest absolute Gasteiger partial charge is 0.456 e. The number of hydrogen-bond acceptors (Lipinski definition) is 4. The predicted octanol–water partition coefficient (Wildman–Crippen LogP) is 9.89. The van der Waals surface area contributed by atoms with Crippen molar-refractivity contribution in [2.45, 2.75) is 94.3 Å². The van der Waals surface area contributed by atoms with E-state index in [0.717, 1.165) is 56.5 Å². The lowest BCUT2D eigenvalue weighted by Crippen LogP contribution is -2.45. The highest BCUT2D eigenvalue weighted by molar-refractivity contribution is 6.04. The Labute approximate surface area is 303 Å². The Morgan fingerprint density at radius 1 is 0.824 bits per heavy atom. The van der Waals surface area contributed by atoms with Crippen LogP contribution in [0.2, 0.25) is 0 Å². The molecule has 1 spiro atoms. The minimum atomic E-state index is -0.176. The number of nitrogens with zero attached hydrogens (tertiary/aromatic N) is 1. The molecular formula is C47H51N3O. The molecule has 2 heterocycles. The van der Waals surface area contributed by atoms with Crippen molar-refractivity contribution >= 4 is 5.71 Å². The normalized spacial score (nSPS) is 36.4. The molecule has 1 fully saturated rings. The van der Waals surface area contributed by atoms with Gasteiger partial charge in [-0.15, -0.1) is 0 Å². The highest BCUT2D eigenvalue weighted by atomic mass is 16.5. The molecule has 0 aromatic heterocycles. The number of nitrogens with one attached hydrogen (secondary N) is 1. The van der Waals surface area contributed by atoms with Crippen molar-refractivity contribution in [2.24, 2.45) is 40.3 Å². The Balaban J connectivity index is 1.15. The third-order valence-corrected chi connectivity index (χ3v) is 13.7. The van der Waals surface area contributed by atoms with Crippen LogP contribution in [0.15, 0.2) is 137 Å². The van der Waals surface area contributed by atoms with Crippen molar-refractivity contribution in [1.82, 2.24) is 5.32 Å². The van der Waals surface area contributed by atoms with Gasteiger partial charge in [0.1, 0.15) is 17.7 Å². The monoisotopic (exact) mass is 673 g/mol. The van der Waals surface area contributed by atoms with Crippen LogP contribution in [0, 0.1) is 29.6 Å². The van der Waals surface area contributed by atoms with Gasteiger partial charge in [0.25, 0.3) is 0 Å². The van der Waals surface area contributed by atoms with E-state index in [2.05, 4.69) is 115 Å². The fourth-order valence-corrected chi connectivity index (χ4v) is 11.6. The van der Waals surface area contributed by atoms with Gasteiger partial charge in [0.15, 0.2) is 0 Å². The van der Waals surface area contributed by atoms with Crippen LogP contribution < -0.4 is 15.8 Å². The van der Waals surface area contributed by atoms with Crippen molar-refractivity contribution in [3.8, 4) is 5.75 Å². The number of benzene rings is 2. The molecule has 3 N–H and O–H groups in total. The second-order valence-electron chi connectivity index (χ2n) is 16.3. The first kappa shape index (κ1) is 31.7. The summed E-state index contributed by atoms with van der Waals surface area (Å²) in [5.74, 6) is 4.64. The van der Waals surface area contributed by atoms with E-state index in [1.807, 2.05) is 0 Å². The molecule has 8 aliphatic rings. The van der Waals surface area contributed by atoms with Crippen molar-refractivity contribution < 1.29 is 4.74 Å². The van der Waals surface area contributed by atoms with Crippen LogP contribution in [-0.2, 0) is 5.41 Å². The molecule has 0 radical (unpaired) electrons. The molecule has 0 bridgehead atoms. The Morgan fingerprint density at radius 3 is 2.59 bits per heavy atom. The molecule has 51 heavy (non-hydrogen) atoms. The maximum Gasteiger partial charge on any atom is 0.140 e. The van der Waals surface area contributed by atoms with Crippen LogP contribution in [0.3, 0.4) is 0 Å². The molecule has 9 atom stereocenters. The second-order valence-corrected chi connectivity index (χ2v) is 16.3. The fourth-order valence-electron chi connectivity index (χ4n) is 11.6. The van der Waals surface area contributed by atoms with Crippen molar-refractivity contribution in [2.75, 3.05) is 0 Å². The van der Waals surface area contributed by atoms with Gasteiger partial charge in [-0.25, -0.2) is 0 Å². The minimum absolute atomic E-state index is 0.00878. The zero-order chi connectivity index (χ0) is 33.9. The van der Waals surface area contributed by atoms with E-state index in [4.69, 9.17) is 15.5 Å². The SMILES string of the molecule is NC1C=CC(C2CC=CC3C2C2CCC=CC2C32C3=CCCC=C3Oc3c(C4=NC(C5=CCCCC5)NC(c5ccccc5)C4)cccc32)=CC1. The summed E-state index contributed by atoms with van der Waals surface area (Å²) < 4.78 is 7.24. The van der Waals surface area contributed by atoms with E-state index in [1.54, 1.807) is 0 Å². The fraction of sp³-hybridized carbons (Fsp3) is 0.426. The Bertz CT molecular complexity index is 1960. The molecule has 0 amide bonds. The van der Waals surface area contributed by atoms with Gasteiger partial charge in [-0.2, -0.15) is 0 Å². The number of aliphatic imine (C=N–C) groups is 1. The molecule has 260 valence electrons. The molecule has 4 heteroatoms. The van der Waals surface area contributed by atoms with Gasteiger partial charge in [-0.1, -0.05) is 97.1 Å². The molecule has 6 aliphatic carbocycles. The zero-order valence-electron chi connectivity index (χ0n) is 29.7. The molecule has 1 saturated carbocycles. The number of para-hydroxylation sites is 1. The van der Waals surface area contributed by atoms with Crippen LogP contribution in [0.25, 0.3) is 0 Å². The predicted molar refractivity (Wildman–Crippen MR) is 207 cm³/mol. The van der Waals surface area contributed by atoms with Gasteiger partial charge in [-0.3, -0.25) is 10.3 Å². The lowest BCUT2D eigenvalue weighted by molar-refractivity contribution is 0.218. The quantitative estimate of drug-likeness (QED) is 0.318. The van der Waals surface area contributed by atoms with E-state index in [9.17, 15) is 0 Å². The molecule has 2 aromatic rings. The summed E-state index contributed by atoms with van der Waals surface area (Å²) in [4.78, 5) is 5.59. The van der Waals surface area contributed by atoms with Gasteiger partial charge in [0.05, 0.1) is 5.71 Å². The molecule has 9 unspecified atom stereocenters. The Morgan fingerprint density at radius 2 is 1.73 bits per heavy atom. The number of ether oxygens (including phenoxy) is 1. The smallest absolute Gasteiger partial charge is 0.140 e. The Hall–Kier alpha value is -3.99. The summed E-state index contributed by atoms with van der Waals surface area (Å²) in [6.45, 7) is 0. The van der Waals surface area contributed by atoms with E-state index in [-0.39, 0.29) is 23.7 Å². The summed E-state index contributed by atoms with van der Waals surface area (Å²) in [6, 6.07) is 18.4. The average Bonchev–Trinajstić information content (AvgIpc) is 3.49. The molecule has 4 nitrogen and oxygen atoms in total. The molecule has 10 rings (SSSR count). The second kappa shape index (κ2) is 12.9. The molecule has 0 saturated heterocycles. The lowest BCUT2D eigenvalue weighted by atomic mass is 9.57. The third-order valence-electron chi connectivity index (χ3n) is 13.7. The number of nitrogens with two attached hydrogens (primary N) is 1. The van der Waals surface area contributed by atoms with Crippen LogP contribution in [0.4, 0.5) is 0 Å². The van der Waals surface area contributed by atoms with Crippen molar-refractivity contribution in [1.29, 1.82) is 0 Å². The lowest BCUT2D eigenvalue weighted by Gasteiger charge is -2.49. The zero-order valence-corrected chi connectivity index (χ0v) is 29.7. The summed E-state index contributed by atoms with van der Waals surface area (Å²) in [6.07, 6.45) is 37.0. The molecule has 2 aliphatic heterocycles. The first-order chi connectivity index (χ1) is 25.2. The topological polar surface area (TPSA) is 59.6 Å². The summed E-state index contributed by atoms with van der Waals surface area (Å²) in [5.41, 5.74) is 15.6. The first-order valence-corrected chi connectivity index (χ1v) is 20.0. The molecular weight excluding hydrogens is 623 g/mol. The number of hydrogen-bond donors (Lipinski definition) is 2. The number of allylic oxidation sites excluding steroid dienone is 10. The summed E-state index contributed by atoms with van der Waals surface area (Å²) >= 11 is 0. The minimum Gasteiger partial charge on any atom is -0.456 e. The van der Waals surface area contributed by atoms with Crippen molar-refractivity contribution in [3.63, 3.8) is 0 Å². The standard InChI is InChI=1S/C47H51N3O/c48-33-27-25-30(26-28-33)34-18-11-22-39-44(34)35-17-7-8-20-37(35)47(39)38-21-9-10-24-43(38)51-45-36(19-12-23-40(45)47)42-29-41(31-13-3-1-4-14-31)49-46(50-42)32-15-5-2-6-16-32/h1,3-4,8,11-15,19-27,33-35,37,39,41,44,46,49H,2,5-7,9-10,16-18,28-29,48H2. The average molecular weight is 674 g/mol. The summed E-state index contributed by atoms with van der Waals surface area (Å²) in [5, 5.41) is 3.97. The Kier molecular flexibility index (Phi) is 8.02. The van der Waals surface area contributed by atoms with Crippen LogP contribution in [0.5, 0.6) is 5.75 Å². The van der Waals surface area contributed by atoms with Crippen LogP contribution in [-0.4, -0.2) is 17.9 Å². The maximum absolute atomic E-state index is 7.24. The number of rotatable bonds is 4. The number of fused-ring (bicyclic) bond motifs is 9. The first-order valence-electron chi connectivity index (χ1n) is 20.0. The van der Waals surface area contributed by atoms with Gasteiger partial charge in [-0.05, 0) is 123 Å². The summed E-state index contributed by atoms with van der Waals surface area (Å²) in [7, 11) is 0. The van der Waals surface area contributed by atoms with E-state index in [0.29, 0.717) is 29.6 Å². The van der Waals surface area contributed by atoms with E-state index < -0.39 is 0 Å². The van der Waals surface area contributed by atoms with Gasteiger partial charge in [0.2, 0.25) is 0 Å². The molecule has 2 aromatic carbocycles. The van der Waals surface area contributed by atoms with E-state index >= 15 is 0 Å². The van der Waals surface area contributed by atoms with E-state index in [1.165, 1.54) is 64.8 Å².